The molecule has 5 saturated carbocycles. The zero-order valence-corrected chi connectivity index (χ0v) is 30.6. The molecule has 8 atom stereocenters. The molecule has 2 aliphatic heterocycles. The average molecular weight is 655 g/mol. The Kier molecular flexibility index (Phi) is 11.3. The van der Waals surface area contributed by atoms with Crippen molar-refractivity contribution in [3.05, 3.63) is 0 Å². The van der Waals surface area contributed by atoms with Gasteiger partial charge in [-0.05, 0) is 129 Å². The number of nitrogens with zero attached hydrogens (tertiary/aromatic N) is 2. The van der Waals surface area contributed by atoms with Gasteiger partial charge in [0.15, 0.2) is 0 Å². The highest BCUT2D eigenvalue weighted by atomic mass is 16.6. The molecule has 0 radical (unpaired) electrons. The molecule has 2 N–H and O–H groups in total. The summed E-state index contributed by atoms with van der Waals surface area (Å²) in [5.74, 6) is 1.43. The summed E-state index contributed by atoms with van der Waals surface area (Å²) < 4.78 is 14.2. The fourth-order valence-electron chi connectivity index (χ4n) is 12.7. The lowest BCUT2D eigenvalue weighted by Gasteiger charge is -2.60. The molecule has 0 aromatic carbocycles. The number of carbonyl (C=O) groups excluding carboxylic acids is 1. The molecule has 8 unspecified atom stereocenters. The van der Waals surface area contributed by atoms with Crippen LogP contribution >= 0.6 is 0 Å². The molecule has 5 aliphatic carbocycles. The van der Waals surface area contributed by atoms with E-state index in [4.69, 9.17) is 9.47 Å². The fraction of sp³-hybridized carbons (Fsp3) is 0.975. The summed E-state index contributed by atoms with van der Waals surface area (Å²) >= 11 is 0. The lowest BCUT2D eigenvalue weighted by atomic mass is 9.54. The van der Waals surface area contributed by atoms with Gasteiger partial charge in [0.2, 0.25) is 0 Å². The summed E-state index contributed by atoms with van der Waals surface area (Å²) in [6.07, 6.45) is 22.5. The first-order valence-corrected chi connectivity index (χ1v) is 20.9. The van der Waals surface area contributed by atoms with E-state index in [0.29, 0.717) is 41.9 Å². The van der Waals surface area contributed by atoms with Crippen LogP contribution in [0.5, 0.6) is 0 Å². The van der Waals surface area contributed by atoms with Gasteiger partial charge >= 0.3 is 5.97 Å². The van der Waals surface area contributed by atoms with E-state index in [0.717, 1.165) is 44.2 Å². The molecule has 7 heteroatoms. The topological polar surface area (TPSA) is 66.1 Å². The third-order valence-electron chi connectivity index (χ3n) is 15.0. The van der Waals surface area contributed by atoms with E-state index in [1.54, 1.807) is 0 Å². The van der Waals surface area contributed by atoms with Crippen LogP contribution in [-0.2, 0) is 14.3 Å². The molecule has 7 rings (SSSR count). The lowest BCUT2D eigenvalue weighted by molar-refractivity contribution is -0.260. The van der Waals surface area contributed by atoms with Crippen molar-refractivity contribution in [2.75, 3.05) is 26.2 Å². The number of esters is 1. The van der Waals surface area contributed by atoms with Gasteiger partial charge in [-0.15, -0.1) is 0 Å². The van der Waals surface area contributed by atoms with Crippen LogP contribution in [0, 0.1) is 23.7 Å². The van der Waals surface area contributed by atoms with Crippen LogP contribution in [-0.4, -0.2) is 96.0 Å². The maximum atomic E-state index is 13.6. The Morgan fingerprint density at radius 3 is 1.49 bits per heavy atom. The Labute approximate surface area is 287 Å². The monoisotopic (exact) mass is 655 g/mol. The maximum absolute atomic E-state index is 13.6. The van der Waals surface area contributed by atoms with Gasteiger partial charge in [-0.1, -0.05) is 40.5 Å². The molecule has 1 spiro atoms. The molecule has 0 amide bonds. The number of fused-ring (bicyclic) bond motifs is 6. The van der Waals surface area contributed by atoms with Gasteiger partial charge in [-0.3, -0.25) is 4.79 Å². The van der Waals surface area contributed by atoms with Gasteiger partial charge in [0, 0.05) is 54.0 Å². The second-order valence-corrected chi connectivity index (χ2v) is 17.0. The van der Waals surface area contributed by atoms with Crippen molar-refractivity contribution in [3.63, 3.8) is 0 Å². The van der Waals surface area contributed by atoms with Crippen molar-refractivity contribution in [1.29, 1.82) is 0 Å². The minimum Gasteiger partial charge on any atom is -0.458 e. The first kappa shape index (κ1) is 34.7. The summed E-state index contributed by atoms with van der Waals surface area (Å²) in [6, 6.07) is 3.86. The van der Waals surface area contributed by atoms with E-state index < -0.39 is 0 Å². The highest BCUT2D eigenvalue weighted by Crippen LogP contribution is 2.61. The highest BCUT2D eigenvalue weighted by molar-refractivity contribution is 5.76. The van der Waals surface area contributed by atoms with E-state index in [9.17, 15) is 4.79 Å². The van der Waals surface area contributed by atoms with Crippen molar-refractivity contribution in [3.8, 4) is 0 Å². The van der Waals surface area contributed by atoms with Crippen LogP contribution in [0.15, 0.2) is 0 Å². The van der Waals surface area contributed by atoms with Crippen molar-refractivity contribution < 1.29 is 14.3 Å². The van der Waals surface area contributed by atoms with E-state index in [2.05, 4.69) is 48.1 Å². The second kappa shape index (κ2) is 15.3. The van der Waals surface area contributed by atoms with Crippen LogP contribution in [0.3, 0.4) is 0 Å². The largest absolute Gasteiger partial charge is 0.458 e. The number of ether oxygens (including phenoxy) is 2. The van der Waals surface area contributed by atoms with Crippen LogP contribution in [0.4, 0.5) is 0 Å². The van der Waals surface area contributed by atoms with Gasteiger partial charge in [0.25, 0.3) is 0 Å². The zero-order chi connectivity index (χ0) is 32.5. The van der Waals surface area contributed by atoms with Crippen molar-refractivity contribution >= 4 is 5.97 Å². The standard InChI is InChI=1S/C40H70N4O3/c1-5-43(6-2)31-19-13-27(14-20-31)41-29-17-23-35-37(25-29)46-38-26-30(42-28-15-21-32(22-16-28)44(7-3)8-4)18-24-36(38)40(35)34-12-10-9-11-33(34)39(45)47-40/h27-38,41-42H,5-26H2,1-4H3. The Morgan fingerprint density at radius 1 is 0.574 bits per heavy atom. The smallest absolute Gasteiger partial charge is 0.309 e. The average Bonchev–Trinajstić information content (AvgIpc) is 3.39. The quantitative estimate of drug-likeness (QED) is 0.255. The van der Waals surface area contributed by atoms with Crippen molar-refractivity contribution in [2.24, 2.45) is 23.7 Å². The van der Waals surface area contributed by atoms with Gasteiger partial charge in [0.1, 0.15) is 5.60 Å². The number of hydrogen-bond donors (Lipinski definition) is 2. The zero-order valence-electron chi connectivity index (χ0n) is 30.6. The highest BCUT2D eigenvalue weighted by Gasteiger charge is 2.69. The molecule has 2 heterocycles. The summed E-state index contributed by atoms with van der Waals surface area (Å²) in [6.45, 7) is 13.9. The van der Waals surface area contributed by atoms with Crippen LogP contribution < -0.4 is 10.6 Å². The molecule has 47 heavy (non-hydrogen) atoms. The van der Waals surface area contributed by atoms with Crippen LogP contribution in [0.2, 0.25) is 0 Å². The van der Waals surface area contributed by atoms with Crippen LogP contribution in [0.25, 0.3) is 0 Å². The summed E-state index contributed by atoms with van der Waals surface area (Å²) in [4.78, 5) is 19.0. The first-order chi connectivity index (χ1) is 23.0. The molecule has 0 aromatic heterocycles. The molecule has 2 saturated heterocycles. The summed E-state index contributed by atoms with van der Waals surface area (Å²) in [7, 11) is 0. The van der Waals surface area contributed by atoms with E-state index in [1.165, 1.54) is 110 Å². The van der Waals surface area contributed by atoms with Gasteiger partial charge < -0.3 is 29.9 Å². The lowest BCUT2D eigenvalue weighted by Crippen LogP contribution is -2.67. The van der Waals surface area contributed by atoms with E-state index in [-0.39, 0.29) is 29.7 Å². The van der Waals surface area contributed by atoms with Crippen molar-refractivity contribution in [2.45, 2.75) is 197 Å². The maximum Gasteiger partial charge on any atom is 0.309 e. The van der Waals surface area contributed by atoms with Gasteiger partial charge in [0.05, 0.1) is 18.1 Å². The SMILES string of the molecule is CCN(CC)C1CCC(NC2CCC3C(C2)OC2CC(NC4CCC(N(CC)CC)CC4)CCC2C32OC(=O)C3CCCCC32)CC1. The Bertz CT molecular complexity index is 959. The molecular formula is C40H70N4O3. The molecule has 0 aromatic rings. The third kappa shape index (κ3) is 6.85. The van der Waals surface area contributed by atoms with Gasteiger partial charge in [-0.25, -0.2) is 0 Å². The minimum atomic E-state index is -0.282. The van der Waals surface area contributed by atoms with E-state index >= 15 is 0 Å². The summed E-state index contributed by atoms with van der Waals surface area (Å²) in [5, 5.41) is 8.33. The number of carbonyl (C=O) groups is 1. The Balaban J connectivity index is 1.02. The minimum absolute atomic E-state index is 0.136. The fourth-order valence-corrected chi connectivity index (χ4v) is 12.7. The molecule has 268 valence electrons. The Morgan fingerprint density at radius 2 is 1.02 bits per heavy atom. The van der Waals surface area contributed by atoms with Crippen LogP contribution in [0.1, 0.15) is 143 Å². The number of hydrogen-bond acceptors (Lipinski definition) is 7. The third-order valence-corrected chi connectivity index (χ3v) is 15.0. The first-order valence-electron chi connectivity index (χ1n) is 20.9. The number of rotatable bonds is 10. The van der Waals surface area contributed by atoms with Gasteiger partial charge in [-0.2, -0.15) is 0 Å². The molecule has 7 aliphatic rings. The van der Waals surface area contributed by atoms with E-state index in [1.807, 2.05) is 0 Å². The number of nitrogens with one attached hydrogen (secondary N) is 2. The second-order valence-electron chi connectivity index (χ2n) is 17.0. The summed E-state index contributed by atoms with van der Waals surface area (Å²) in [5.41, 5.74) is -0.282. The molecule has 7 fully saturated rings. The predicted molar refractivity (Wildman–Crippen MR) is 189 cm³/mol. The molecule has 0 bridgehead atoms. The normalized spacial score (nSPS) is 45.4. The molecule has 7 nitrogen and oxygen atoms in total. The Hall–Kier alpha value is -0.730. The van der Waals surface area contributed by atoms with Crippen molar-refractivity contribution in [1.82, 2.24) is 20.4 Å². The predicted octanol–water partition coefficient (Wildman–Crippen LogP) is 6.68. The molecular weight excluding hydrogens is 584 g/mol.